The molecule has 1 atom stereocenters. The molecule has 1 aliphatic carbocycles. The van der Waals surface area contributed by atoms with E-state index in [1.165, 1.54) is 49.7 Å². The van der Waals surface area contributed by atoms with E-state index < -0.39 is 0 Å². The summed E-state index contributed by atoms with van der Waals surface area (Å²) in [6.45, 7) is 7.36. The van der Waals surface area contributed by atoms with Gasteiger partial charge in [-0.1, -0.05) is 13.3 Å². The number of nitrogens with zero attached hydrogens (tertiary/aromatic N) is 1. The number of rotatable bonds is 6. The zero-order chi connectivity index (χ0) is 9.03. The lowest BCUT2D eigenvalue weighted by molar-refractivity contribution is -0.918. The fraction of sp³-hybridized carbons (Fsp3) is 1.00. The predicted octanol–water partition coefficient (Wildman–Crippen LogP) is 2.81. The Balaban J connectivity index is 2.23. The average molecular weight is 170 g/mol. The second-order valence-corrected chi connectivity index (χ2v) is 4.46. The van der Waals surface area contributed by atoms with Crippen LogP contribution in [0.2, 0.25) is 0 Å². The molecule has 1 nitrogen and oxygen atoms in total. The summed E-state index contributed by atoms with van der Waals surface area (Å²) in [5.41, 5.74) is 0. The molecule has 12 heavy (non-hydrogen) atoms. The van der Waals surface area contributed by atoms with Crippen LogP contribution in [-0.2, 0) is 0 Å². The number of hydrogen-bond donors (Lipinski definition) is 0. The molecule has 0 saturated heterocycles. The van der Waals surface area contributed by atoms with Gasteiger partial charge in [0.1, 0.15) is 0 Å². The van der Waals surface area contributed by atoms with E-state index in [1.807, 2.05) is 0 Å². The molecule has 0 aromatic rings. The number of unbranched alkanes of at least 4 members (excludes halogenated alkanes) is 2. The molecule has 0 aliphatic heterocycles. The van der Waals surface area contributed by atoms with E-state index in [0.717, 1.165) is 6.04 Å². The third kappa shape index (κ3) is 2.48. The molecule has 0 aromatic carbocycles. The van der Waals surface area contributed by atoms with Crippen molar-refractivity contribution < 1.29 is 4.48 Å². The molecule has 1 fully saturated rings. The topological polar surface area (TPSA) is 0 Å². The van der Waals surface area contributed by atoms with E-state index in [1.54, 1.807) is 0 Å². The van der Waals surface area contributed by atoms with Gasteiger partial charge in [0.2, 0.25) is 0 Å². The average Bonchev–Trinajstić information content (AvgIpc) is 2.87. The minimum Gasteiger partial charge on any atom is -0.324 e. The lowest BCUT2D eigenvalue weighted by atomic mass is 10.2. The van der Waals surface area contributed by atoms with Gasteiger partial charge in [0.15, 0.2) is 0 Å². The van der Waals surface area contributed by atoms with Gasteiger partial charge >= 0.3 is 0 Å². The van der Waals surface area contributed by atoms with Gasteiger partial charge in [0.25, 0.3) is 0 Å². The Labute approximate surface area is 77.4 Å². The van der Waals surface area contributed by atoms with Gasteiger partial charge < -0.3 is 4.48 Å². The zero-order valence-corrected chi connectivity index (χ0v) is 8.97. The number of hydrogen-bond acceptors (Lipinski definition) is 0. The van der Waals surface area contributed by atoms with Crippen molar-refractivity contribution in [2.45, 2.75) is 52.0 Å². The van der Waals surface area contributed by atoms with Crippen LogP contribution in [0.15, 0.2) is 0 Å². The van der Waals surface area contributed by atoms with Crippen molar-refractivity contribution in [2.75, 3.05) is 20.1 Å². The summed E-state index contributed by atoms with van der Waals surface area (Å²) in [7, 11) is 2.44. The molecule has 0 spiro atoms. The minimum absolute atomic E-state index is 1.02. The quantitative estimate of drug-likeness (QED) is 0.425. The van der Waals surface area contributed by atoms with Crippen molar-refractivity contribution in [1.82, 2.24) is 0 Å². The molecular weight excluding hydrogens is 146 g/mol. The lowest BCUT2D eigenvalue weighted by Crippen LogP contribution is -2.46. The van der Waals surface area contributed by atoms with Crippen LogP contribution in [-0.4, -0.2) is 30.7 Å². The van der Waals surface area contributed by atoms with Gasteiger partial charge in [-0.15, -0.1) is 0 Å². The Morgan fingerprint density at radius 2 is 1.83 bits per heavy atom. The zero-order valence-electron chi connectivity index (χ0n) is 8.97. The highest BCUT2D eigenvalue weighted by Crippen LogP contribution is 2.32. The summed E-state index contributed by atoms with van der Waals surface area (Å²) in [6.07, 6.45) is 7.17. The van der Waals surface area contributed by atoms with E-state index in [0.29, 0.717) is 0 Å². The largest absolute Gasteiger partial charge is 0.324 e. The molecule has 72 valence electrons. The smallest absolute Gasteiger partial charge is 0.0892 e. The fourth-order valence-corrected chi connectivity index (χ4v) is 2.02. The van der Waals surface area contributed by atoms with Crippen LogP contribution in [0.3, 0.4) is 0 Å². The standard InChI is InChI=1S/C11H24N/c1-4-6-7-10-12(3,5-2)11-8-9-11/h11H,4-10H2,1-3H3/q+1. The van der Waals surface area contributed by atoms with Crippen molar-refractivity contribution in [3.8, 4) is 0 Å². The summed E-state index contributed by atoms with van der Waals surface area (Å²) < 4.78 is 1.35. The lowest BCUT2D eigenvalue weighted by Gasteiger charge is -2.33. The first-order chi connectivity index (χ1) is 5.73. The minimum atomic E-state index is 1.02. The molecule has 0 heterocycles. The number of quaternary nitrogens is 1. The van der Waals surface area contributed by atoms with Crippen LogP contribution < -0.4 is 0 Å². The highest BCUT2D eigenvalue weighted by atomic mass is 15.4. The third-order valence-electron chi connectivity index (χ3n) is 3.42. The molecule has 0 bridgehead atoms. The molecule has 0 amide bonds. The maximum atomic E-state index is 2.44. The maximum absolute atomic E-state index is 2.44. The predicted molar refractivity (Wildman–Crippen MR) is 54.1 cm³/mol. The highest BCUT2D eigenvalue weighted by Gasteiger charge is 2.39. The van der Waals surface area contributed by atoms with Crippen molar-refractivity contribution in [1.29, 1.82) is 0 Å². The third-order valence-corrected chi connectivity index (χ3v) is 3.42. The Morgan fingerprint density at radius 3 is 2.25 bits per heavy atom. The van der Waals surface area contributed by atoms with Crippen LogP contribution in [0.4, 0.5) is 0 Å². The van der Waals surface area contributed by atoms with Crippen LogP contribution in [0.25, 0.3) is 0 Å². The van der Waals surface area contributed by atoms with Gasteiger partial charge in [-0.3, -0.25) is 0 Å². The molecular formula is C11H24N+. The summed E-state index contributed by atoms with van der Waals surface area (Å²) in [6, 6.07) is 1.02. The molecule has 1 unspecified atom stereocenters. The second-order valence-electron chi connectivity index (χ2n) is 4.46. The van der Waals surface area contributed by atoms with Crippen molar-refractivity contribution in [3.63, 3.8) is 0 Å². The monoisotopic (exact) mass is 170 g/mol. The van der Waals surface area contributed by atoms with Gasteiger partial charge in [0, 0.05) is 12.8 Å². The first-order valence-corrected chi connectivity index (χ1v) is 5.57. The first kappa shape index (κ1) is 10.0. The van der Waals surface area contributed by atoms with Crippen molar-refractivity contribution >= 4 is 0 Å². The van der Waals surface area contributed by atoms with Crippen LogP contribution in [0.1, 0.15) is 46.0 Å². The Hall–Kier alpha value is -0.0400. The molecule has 1 aliphatic rings. The molecule has 0 aromatic heterocycles. The summed E-state index contributed by atoms with van der Waals surface area (Å²) in [4.78, 5) is 0. The van der Waals surface area contributed by atoms with Crippen LogP contribution >= 0.6 is 0 Å². The fourth-order valence-electron chi connectivity index (χ4n) is 2.02. The Kier molecular flexibility index (Phi) is 3.57. The van der Waals surface area contributed by atoms with Gasteiger partial charge in [-0.05, 0) is 19.8 Å². The summed E-state index contributed by atoms with van der Waals surface area (Å²) in [5.74, 6) is 0. The van der Waals surface area contributed by atoms with E-state index in [2.05, 4.69) is 20.9 Å². The maximum Gasteiger partial charge on any atom is 0.0892 e. The molecule has 0 N–H and O–H groups in total. The Bertz CT molecular complexity index is 129. The molecule has 1 rings (SSSR count). The van der Waals surface area contributed by atoms with E-state index in [9.17, 15) is 0 Å². The van der Waals surface area contributed by atoms with Crippen LogP contribution in [0, 0.1) is 0 Å². The molecule has 1 heteroatoms. The van der Waals surface area contributed by atoms with Gasteiger partial charge in [-0.2, -0.15) is 0 Å². The SMILES string of the molecule is CCCCC[N+](C)(CC)C1CC1. The van der Waals surface area contributed by atoms with Crippen molar-refractivity contribution in [3.05, 3.63) is 0 Å². The summed E-state index contributed by atoms with van der Waals surface area (Å²) in [5, 5.41) is 0. The second kappa shape index (κ2) is 4.27. The van der Waals surface area contributed by atoms with Crippen molar-refractivity contribution in [2.24, 2.45) is 0 Å². The first-order valence-electron chi connectivity index (χ1n) is 5.57. The molecule has 0 radical (unpaired) electrons. The molecule has 1 saturated carbocycles. The van der Waals surface area contributed by atoms with Gasteiger partial charge in [0.05, 0.1) is 26.2 Å². The van der Waals surface area contributed by atoms with Gasteiger partial charge in [-0.25, -0.2) is 0 Å². The van der Waals surface area contributed by atoms with E-state index >= 15 is 0 Å². The normalized spacial score (nSPS) is 22.2. The van der Waals surface area contributed by atoms with E-state index in [4.69, 9.17) is 0 Å². The van der Waals surface area contributed by atoms with Crippen LogP contribution in [0.5, 0.6) is 0 Å². The Morgan fingerprint density at radius 1 is 1.17 bits per heavy atom. The van der Waals surface area contributed by atoms with E-state index in [-0.39, 0.29) is 0 Å². The highest BCUT2D eigenvalue weighted by molar-refractivity contribution is 4.74. The summed E-state index contributed by atoms with van der Waals surface area (Å²) >= 11 is 0.